The zero-order chi connectivity index (χ0) is 14.9. The van der Waals surface area contributed by atoms with E-state index < -0.39 is 11.4 Å². The fraction of sp³-hybridized carbons (Fsp3) is 0.467. The molecule has 2 aliphatic rings. The molecule has 2 N–H and O–H groups in total. The van der Waals surface area contributed by atoms with E-state index in [0.29, 0.717) is 29.9 Å². The maximum Gasteiger partial charge on any atom is 0.311 e. The Bertz CT molecular complexity index is 577. The van der Waals surface area contributed by atoms with E-state index in [4.69, 9.17) is 9.47 Å². The molecule has 0 saturated heterocycles. The molecule has 1 saturated carbocycles. The minimum absolute atomic E-state index is 0.155. The number of ether oxygens (including phenoxy) is 2. The van der Waals surface area contributed by atoms with E-state index in [9.17, 15) is 14.7 Å². The second-order valence-corrected chi connectivity index (χ2v) is 5.54. The maximum absolute atomic E-state index is 12.2. The van der Waals surface area contributed by atoms with Crippen LogP contribution >= 0.6 is 0 Å². The molecule has 1 fully saturated rings. The van der Waals surface area contributed by atoms with Crippen molar-refractivity contribution in [1.82, 2.24) is 5.32 Å². The molecule has 6 heteroatoms. The molecule has 0 atom stereocenters. The average Bonchev–Trinajstić information content (AvgIpc) is 3.13. The van der Waals surface area contributed by atoms with Crippen molar-refractivity contribution in [3.63, 3.8) is 0 Å². The molecule has 0 aromatic heterocycles. The van der Waals surface area contributed by atoms with E-state index in [1.807, 2.05) is 0 Å². The van der Waals surface area contributed by atoms with E-state index in [1.165, 1.54) is 0 Å². The van der Waals surface area contributed by atoms with Crippen LogP contribution in [-0.4, -0.2) is 30.3 Å². The van der Waals surface area contributed by atoms with E-state index in [2.05, 4.69) is 5.32 Å². The number of benzene rings is 1. The normalized spacial score (nSPS) is 18.5. The number of hydrogen-bond acceptors (Lipinski definition) is 4. The van der Waals surface area contributed by atoms with Gasteiger partial charge in [-0.25, -0.2) is 0 Å². The molecule has 21 heavy (non-hydrogen) atoms. The lowest BCUT2D eigenvalue weighted by Crippen LogP contribution is -2.41. The lowest BCUT2D eigenvalue weighted by molar-refractivity contribution is -0.148. The number of nitrogens with one attached hydrogen (secondary N) is 1. The number of aliphatic carboxylic acids is 1. The van der Waals surface area contributed by atoms with Gasteiger partial charge in [-0.2, -0.15) is 0 Å². The lowest BCUT2D eigenvalue weighted by atomic mass is 9.86. The first-order valence-electron chi connectivity index (χ1n) is 7.02. The molecule has 0 radical (unpaired) electrons. The second kappa shape index (κ2) is 5.27. The summed E-state index contributed by atoms with van der Waals surface area (Å²) in [4.78, 5) is 23.6. The fourth-order valence-corrected chi connectivity index (χ4v) is 2.91. The largest absolute Gasteiger partial charge is 0.481 e. The van der Waals surface area contributed by atoms with Crippen molar-refractivity contribution in [2.24, 2.45) is 5.41 Å². The predicted octanol–water partition coefficient (Wildman–Crippen LogP) is 1.79. The van der Waals surface area contributed by atoms with Crippen LogP contribution in [0.5, 0.6) is 11.5 Å². The first kappa shape index (κ1) is 13.7. The highest BCUT2D eigenvalue weighted by atomic mass is 16.7. The third kappa shape index (κ3) is 2.53. The number of amides is 1. The van der Waals surface area contributed by atoms with Gasteiger partial charge in [0.25, 0.3) is 5.91 Å². The van der Waals surface area contributed by atoms with Gasteiger partial charge in [0.05, 0.1) is 5.41 Å². The smallest absolute Gasteiger partial charge is 0.311 e. The predicted molar refractivity (Wildman–Crippen MR) is 73.4 cm³/mol. The molecule has 1 heterocycles. The number of carbonyl (C=O) groups is 2. The van der Waals surface area contributed by atoms with Crippen LogP contribution in [-0.2, 0) is 4.79 Å². The summed E-state index contributed by atoms with van der Waals surface area (Å²) in [6.07, 6.45) is 3.02. The Morgan fingerprint density at radius 3 is 2.62 bits per heavy atom. The third-order valence-corrected chi connectivity index (χ3v) is 4.24. The Hall–Kier alpha value is -2.24. The lowest BCUT2D eigenvalue weighted by Gasteiger charge is -2.23. The topological polar surface area (TPSA) is 84.9 Å². The second-order valence-electron chi connectivity index (χ2n) is 5.54. The van der Waals surface area contributed by atoms with Gasteiger partial charge in [0.2, 0.25) is 6.79 Å². The van der Waals surface area contributed by atoms with Crippen molar-refractivity contribution < 1.29 is 24.2 Å². The Labute approximate surface area is 122 Å². The first-order valence-corrected chi connectivity index (χ1v) is 7.02. The van der Waals surface area contributed by atoms with Crippen LogP contribution in [0, 0.1) is 5.41 Å². The number of fused-ring (bicyclic) bond motifs is 1. The monoisotopic (exact) mass is 291 g/mol. The molecular formula is C15H17NO5. The van der Waals surface area contributed by atoms with Crippen molar-refractivity contribution >= 4 is 11.9 Å². The van der Waals surface area contributed by atoms with Crippen LogP contribution in [0.15, 0.2) is 18.2 Å². The van der Waals surface area contributed by atoms with E-state index in [0.717, 1.165) is 12.8 Å². The molecular weight excluding hydrogens is 274 g/mol. The number of carboxylic acid groups (broad SMARTS) is 1. The van der Waals surface area contributed by atoms with E-state index in [-0.39, 0.29) is 19.2 Å². The summed E-state index contributed by atoms with van der Waals surface area (Å²) < 4.78 is 10.4. The van der Waals surface area contributed by atoms with Gasteiger partial charge in [-0.3, -0.25) is 9.59 Å². The number of rotatable bonds is 4. The summed E-state index contributed by atoms with van der Waals surface area (Å²) in [5.74, 6) is 0.0348. The minimum Gasteiger partial charge on any atom is -0.481 e. The van der Waals surface area contributed by atoms with Crippen LogP contribution in [0.3, 0.4) is 0 Å². The summed E-state index contributed by atoms with van der Waals surface area (Å²) in [7, 11) is 0. The van der Waals surface area contributed by atoms with Crippen LogP contribution in [0.25, 0.3) is 0 Å². The van der Waals surface area contributed by atoms with Gasteiger partial charge in [-0.15, -0.1) is 0 Å². The van der Waals surface area contributed by atoms with Crippen molar-refractivity contribution in [2.45, 2.75) is 25.7 Å². The van der Waals surface area contributed by atoms with Gasteiger partial charge in [-0.05, 0) is 31.0 Å². The zero-order valence-corrected chi connectivity index (χ0v) is 11.6. The summed E-state index contributed by atoms with van der Waals surface area (Å²) in [6.45, 7) is 0.318. The quantitative estimate of drug-likeness (QED) is 0.883. The third-order valence-electron chi connectivity index (χ3n) is 4.24. The van der Waals surface area contributed by atoms with Gasteiger partial charge in [0.1, 0.15) is 0 Å². The number of carboxylic acids is 1. The zero-order valence-electron chi connectivity index (χ0n) is 11.6. The molecule has 1 aromatic carbocycles. The fourth-order valence-electron chi connectivity index (χ4n) is 2.91. The first-order chi connectivity index (χ1) is 10.1. The Morgan fingerprint density at radius 2 is 1.90 bits per heavy atom. The highest BCUT2D eigenvalue weighted by molar-refractivity contribution is 5.95. The van der Waals surface area contributed by atoms with E-state index >= 15 is 0 Å². The van der Waals surface area contributed by atoms with Gasteiger partial charge >= 0.3 is 5.97 Å². The minimum atomic E-state index is -0.828. The van der Waals surface area contributed by atoms with Gasteiger partial charge in [0, 0.05) is 12.1 Å². The molecule has 112 valence electrons. The highest BCUT2D eigenvalue weighted by Gasteiger charge is 2.41. The summed E-state index contributed by atoms with van der Waals surface area (Å²) in [5.41, 5.74) is -0.371. The van der Waals surface area contributed by atoms with Gasteiger partial charge < -0.3 is 19.9 Å². The van der Waals surface area contributed by atoms with Crippen LogP contribution in [0.2, 0.25) is 0 Å². The molecule has 3 rings (SSSR count). The maximum atomic E-state index is 12.2. The summed E-state index contributed by atoms with van der Waals surface area (Å²) in [6, 6.07) is 4.93. The molecule has 1 aliphatic carbocycles. The van der Waals surface area contributed by atoms with Crippen molar-refractivity contribution in [3.05, 3.63) is 23.8 Å². The highest BCUT2D eigenvalue weighted by Crippen LogP contribution is 2.38. The Balaban J connectivity index is 1.68. The van der Waals surface area contributed by atoms with E-state index in [1.54, 1.807) is 18.2 Å². The van der Waals surface area contributed by atoms with Crippen molar-refractivity contribution in [2.75, 3.05) is 13.3 Å². The average molecular weight is 291 g/mol. The Morgan fingerprint density at radius 1 is 1.19 bits per heavy atom. The Kier molecular flexibility index (Phi) is 3.45. The molecule has 1 aromatic rings. The number of hydrogen-bond donors (Lipinski definition) is 2. The van der Waals surface area contributed by atoms with Gasteiger partial charge in [-0.1, -0.05) is 12.8 Å². The molecule has 0 spiro atoms. The number of carbonyl (C=O) groups excluding carboxylic acids is 1. The SMILES string of the molecule is O=C(NCC1(C(=O)O)CCCC1)c1ccc2c(c1)OCO2. The summed E-state index contributed by atoms with van der Waals surface area (Å²) in [5, 5.41) is 12.1. The molecule has 1 amide bonds. The van der Waals surface area contributed by atoms with Crippen molar-refractivity contribution in [3.8, 4) is 11.5 Å². The molecule has 0 bridgehead atoms. The summed E-state index contributed by atoms with van der Waals surface area (Å²) >= 11 is 0. The van der Waals surface area contributed by atoms with Crippen molar-refractivity contribution in [1.29, 1.82) is 0 Å². The van der Waals surface area contributed by atoms with Crippen LogP contribution in [0.4, 0.5) is 0 Å². The van der Waals surface area contributed by atoms with Crippen LogP contribution in [0.1, 0.15) is 36.0 Å². The van der Waals surface area contributed by atoms with Gasteiger partial charge in [0.15, 0.2) is 11.5 Å². The molecule has 0 unspecified atom stereocenters. The molecule has 6 nitrogen and oxygen atoms in total. The van der Waals surface area contributed by atoms with Crippen LogP contribution < -0.4 is 14.8 Å². The standard InChI is InChI=1S/C15H17NO5/c17-13(10-3-4-11-12(7-10)21-9-20-11)16-8-15(14(18)19)5-1-2-6-15/h3-4,7H,1-2,5-6,8-9H2,(H,16,17)(H,18,19). The molecule has 1 aliphatic heterocycles.